The van der Waals surface area contributed by atoms with E-state index in [-0.39, 0.29) is 5.91 Å². The molecule has 2 aromatic rings. The molecule has 0 saturated carbocycles. The molecule has 2 rings (SSSR count). The number of rotatable bonds is 9. The van der Waals surface area contributed by atoms with Crippen LogP contribution in [-0.2, 0) is 6.54 Å². The topological polar surface area (TPSA) is 68.8 Å². The highest BCUT2D eigenvalue weighted by Crippen LogP contribution is 2.38. The van der Waals surface area contributed by atoms with Crippen molar-refractivity contribution < 1.29 is 19.0 Å². The molecule has 0 aliphatic rings. The van der Waals surface area contributed by atoms with Crippen molar-refractivity contribution in [2.75, 3.05) is 34.4 Å². The molecule has 0 unspecified atom stereocenters. The fourth-order valence-corrected chi connectivity index (χ4v) is 2.54. The molecule has 140 valence electrons. The molecule has 0 spiro atoms. The smallest absolute Gasteiger partial charge is 0.251 e. The zero-order chi connectivity index (χ0) is 18.9. The lowest BCUT2D eigenvalue weighted by Gasteiger charge is -2.14. The summed E-state index contributed by atoms with van der Waals surface area (Å²) in [5.74, 6) is 1.13. The molecule has 6 nitrogen and oxygen atoms in total. The van der Waals surface area contributed by atoms with Gasteiger partial charge in [-0.25, -0.2) is 0 Å². The van der Waals surface area contributed by atoms with Crippen molar-refractivity contribution in [3.8, 4) is 17.2 Å². The summed E-state index contributed by atoms with van der Waals surface area (Å²) in [5.41, 5.74) is 1.57. The van der Waals surface area contributed by atoms with Gasteiger partial charge in [-0.3, -0.25) is 4.79 Å². The Labute approximate surface area is 158 Å². The first-order valence-corrected chi connectivity index (χ1v) is 8.50. The Kier molecular flexibility index (Phi) is 7.56. The molecular formula is C19H23ClN2O4. The van der Waals surface area contributed by atoms with E-state index >= 15 is 0 Å². The summed E-state index contributed by atoms with van der Waals surface area (Å²) in [6, 6.07) is 10.9. The van der Waals surface area contributed by atoms with Crippen molar-refractivity contribution in [1.82, 2.24) is 10.6 Å². The van der Waals surface area contributed by atoms with E-state index in [1.165, 1.54) is 21.3 Å². The van der Waals surface area contributed by atoms with E-state index in [2.05, 4.69) is 10.6 Å². The maximum atomic E-state index is 12.3. The molecule has 1 amide bonds. The second kappa shape index (κ2) is 9.89. The highest BCUT2D eigenvalue weighted by Gasteiger charge is 2.16. The first-order chi connectivity index (χ1) is 12.6. The van der Waals surface area contributed by atoms with Crippen molar-refractivity contribution in [3.05, 3.63) is 52.5 Å². The second-order valence-electron chi connectivity index (χ2n) is 5.47. The molecular weight excluding hydrogens is 356 g/mol. The molecule has 2 N–H and O–H groups in total. The average molecular weight is 379 g/mol. The van der Waals surface area contributed by atoms with Gasteiger partial charge in [0.15, 0.2) is 11.5 Å². The molecule has 0 aromatic heterocycles. The van der Waals surface area contributed by atoms with Gasteiger partial charge in [0, 0.05) is 30.2 Å². The van der Waals surface area contributed by atoms with E-state index in [9.17, 15) is 4.79 Å². The van der Waals surface area contributed by atoms with Gasteiger partial charge < -0.3 is 24.8 Å². The molecule has 0 aliphatic heterocycles. The van der Waals surface area contributed by atoms with Crippen LogP contribution in [0.25, 0.3) is 0 Å². The minimum absolute atomic E-state index is 0.211. The minimum Gasteiger partial charge on any atom is -0.493 e. The Morgan fingerprint density at radius 3 is 2.12 bits per heavy atom. The van der Waals surface area contributed by atoms with Gasteiger partial charge in [0.05, 0.1) is 21.3 Å². The van der Waals surface area contributed by atoms with Crippen LogP contribution in [0.1, 0.15) is 15.9 Å². The summed E-state index contributed by atoms with van der Waals surface area (Å²) in [7, 11) is 4.55. The van der Waals surface area contributed by atoms with Crippen LogP contribution in [0, 0.1) is 0 Å². The van der Waals surface area contributed by atoms with Gasteiger partial charge in [0.25, 0.3) is 5.91 Å². The fourth-order valence-electron chi connectivity index (χ4n) is 2.41. The first kappa shape index (κ1) is 19.9. The van der Waals surface area contributed by atoms with Gasteiger partial charge >= 0.3 is 0 Å². The van der Waals surface area contributed by atoms with E-state index in [0.717, 1.165) is 5.56 Å². The number of amides is 1. The molecule has 26 heavy (non-hydrogen) atoms. The Balaban J connectivity index is 1.86. The van der Waals surface area contributed by atoms with Crippen LogP contribution in [0.4, 0.5) is 0 Å². The van der Waals surface area contributed by atoms with E-state index in [4.69, 9.17) is 25.8 Å². The van der Waals surface area contributed by atoms with Gasteiger partial charge in [-0.2, -0.15) is 0 Å². The minimum atomic E-state index is -0.211. The largest absolute Gasteiger partial charge is 0.493 e. The van der Waals surface area contributed by atoms with Crippen LogP contribution in [-0.4, -0.2) is 40.3 Å². The Morgan fingerprint density at radius 1 is 0.962 bits per heavy atom. The number of halogens is 1. The van der Waals surface area contributed by atoms with Crippen molar-refractivity contribution in [2.45, 2.75) is 6.54 Å². The van der Waals surface area contributed by atoms with Crippen molar-refractivity contribution >= 4 is 17.5 Å². The molecule has 0 saturated heterocycles. The lowest BCUT2D eigenvalue weighted by atomic mass is 10.1. The third-order valence-electron chi connectivity index (χ3n) is 3.76. The molecule has 0 fully saturated rings. The summed E-state index contributed by atoms with van der Waals surface area (Å²) in [6.45, 7) is 1.83. The molecule has 0 radical (unpaired) electrons. The zero-order valence-electron chi connectivity index (χ0n) is 15.1. The van der Waals surface area contributed by atoms with Crippen molar-refractivity contribution in [1.29, 1.82) is 0 Å². The molecule has 0 heterocycles. The zero-order valence-corrected chi connectivity index (χ0v) is 15.9. The quantitative estimate of drug-likeness (QED) is 0.657. The summed E-state index contributed by atoms with van der Waals surface area (Å²) < 4.78 is 15.8. The lowest BCUT2D eigenvalue weighted by molar-refractivity contribution is 0.0953. The standard InChI is InChI=1S/C19H23ClN2O4/c1-24-16-10-14(11-17(25-2)18(16)26-3)19(23)22-9-8-21-12-13-4-6-15(20)7-5-13/h4-7,10-11,21H,8-9,12H2,1-3H3,(H,22,23). The summed E-state index contributed by atoms with van der Waals surface area (Å²) in [6.07, 6.45) is 0. The van der Waals surface area contributed by atoms with Crippen LogP contribution in [0.2, 0.25) is 5.02 Å². The number of carbonyl (C=O) groups excluding carboxylic acids is 1. The van der Waals surface area contributed by atoms with Crippen LogP contribution in [0.15, 0.2) is 36.4 Å². The summed E-state index contributed by atoms with van der Waals surface area (Å²) >= 11 is 5.86. The monoisotopic (exact) mass is 378 g/mol. The Morgan fingerprint density at radius 2 is 1.58 bits per heavy atom. The number of carbonyl (C=O) groups is 1. The van der Waals surface area contributed by atoms with E-state index < -0.39 is 0 Å². The summed E-state index contributed by atoms with van der Waals surface area (Å²) in [5, 5.41) is 6.84. The van der Waals surface area contributed by atoms with E-state index in [1.807, 2.05) is 24.3 Å². The normalized spacial score (nSPS) is 10.3. The summed E-state index contributed by atoms with van der Waals surface area (Å²) in [4.78, 5) is 12.3. The average Bonchev–Trinajstić information content (AvgIpc) is 2.67. The maximum Gasteiger partial charge on any atom is 0.251 e. The van der Waals surface area contributed by atoms with Crippen molar-refractivity contribution in [2.24, 2.45) is 0 Å². The first-order valence-electron chi connectivity index (χ1n) is 8.12. The van der Waals surface area contributed by atoms with Gasteiger partial charge in [0.2, 0.25) is 5.75 Å². The number of nitrogens with one attached hydrogen (secondary N) is 2. The highest BCUT2D eigenvalue weighted by molar-refractivity contribution is 6.30. The maximum absolute atomic E-state index is 12.3. The number of methoxy groups -OCH3 is 3. The SMILES string of the molecule is COc1cc(C(=O)NCCNCc2ccc(Cl)cc2)cc(OC)c1OC. The van der Waals surface area contributed by atoms with Crippen LogP contribution < -0.4 is 24.8 Å². The third-order valence-corrected chi connectivity index (χ3v) is 4.01. The number of hydrogen-bond donors (Lipinski definition) is 2. The molecule has 7 heteroatoms. The predicted octanol–water partition coefficient (Wildman–Crippen LogP) is 2.89. The number of ether oxygens (including phenoxy) is 3. The Bertz CT molecular complexity index is 710. The van der Waals surface area contributed by atoms with E-state index in [1.54, 1.807) is 12.1 Å². The Hall–Kier alpha value is -2.44. The van der Waals surface area contributed by atoms with Crippen LogP contribution in [0.5, 0.6) is 17.2 Å². The molecule has 2 aromatic carbocycles. The molecule has 0 aliphatic carbocycles. The third kappa shape index (κ3) is 5.28. The number of benzene rings is 2. The van der Waals surface area contributed by atoms with Crippen molar-refractivity contribution in [3.63, 3.8) is 0 Å². The molecule has 0 bridgehead atoms. The highest BCUT2D eigenvalue weighted by atomic mass is 35.5. The van der Waals surface area contributed by atoms with Gasteiger partial charge in [0.1, 0.15) is 0 Å². The number of hydrogen-bond acceptors (Lipinski definition) is 5. The lowest BCUT2D eigenvalue weighted by Crippen LogP contribution is -2.31. The van der Waals surface area contributed by atoms with Gasteiger partial charge in [-0.15, -0.1) is 0 Å². The second-order valence-corrected chi connectivity index (χ2v) is 5.91. The van der Waals surface area contributed by atoms with Crippen LogP contribution in [0.3, 0.4) is 0 Å². The van der Waals surface area contributed by atoms with Gasteiger partial charge in [-0.05, 0) is 29.8 Å². The van der Waals surface area contributed by atoms with Crippen LogP contribution >= 0.6 is 11.6 Å². The van der Waals surface area contributed by atoms with E-state index in [0.29, 0.717) is 47.5 Å². The molecule has 0 atom stereocenters. The van der Waals surface area contributed by atoms with Gasteiger partial charge in [-0.1, -0.05) is 23.7 Å². The predicted molar refractivity (Wildman–Crippen MR) is 102 cm³/mol. The fraction of sp³-hybridized carbons (Fsp3) is 0.316.